The molecule has 0 spiro atoms. The van der Waals surface area contributed by atoms with E-state index in [1.165, 1.54) is 29.6 Å². The highest BCUT2D eigenvalue weighted by molar-refractivity contribution is 7.18. The number of benzene rings is 1. The van der Waals surface area contributed by atoms with Crippen molar-refractivity contribution in [1.82, 2.24) is 4.98 Å². The monoisotopic (exact) mass is 328 g/mol. The number of carbonyl (C=O) groups excluding carboxylic acids is 2. The Hall–Kier alpha value is -2.31. The van der Waals surface area contributed by atoms with E-state index in [0.29, 0.717) is 21.3 Å². The van der Waals surface area contributed by atoms with Crippen LogP contribution in [0.5, 0.6) is 0 Å². The van der Waals surface area contributed by atoms with Crippen molar-refractivity contribution in [3.8, 4) is 11.3 Å². The van der Waals surface area contributed by atoms with Crippen LogP contribution >= 0.6 is 22.7 Å². The molecule has 0 fully saturated rings. The topological polar surface area (TPSA) is 59.1 Å². The predicted octanol–water partition coefficient (Wildman–Crippen LogP) is 4.33. The van der Waals surface area contributed by atoms with E-state index in [1.54, 1.807) is 11.4 Å². The standard InChI is InChI=1S/C16H12N2O2S2/c1-10(19)14-13(11-5-3-2-4-6-11)17-16(22-14)18-15(20)12-7-8-21-9-12/h2-9H,1H3,(H,17,18,20). The minimum atomic E-state index is -0.218. The van der Waals surface area contributed by atoms with Crippen LogP contribution in [0.2, 0.25) is 0 Å². The molecule has 0 saturated heterocycles. The molecule has 0 aliphatic heterocycles. The number of amides is 1. The first-order valence-corrected chi connectivity index (χ1v) is 8.32. The van der Waals surface area contributed by atoms with Gasteiger partial charge in [-0.05, 0) is 11.4 Å². The Morgan fingerprint density at radius 2 is 1.91 bits per heavy atom. The second-order valence-electron chi connectivity index (χ2n) is 4.59. The van der Waals surface area contributed by atoms with Crippen LogP contribution in [0.4, 0.5) is 5.13 Å². The van der Waals surface area contributed by atoms with Crippen LogP contribution in [-0.2, 0) is 0 Å². The maximum absolute atomic E-state index is 12.1. The van der Waals surface area contributed by atoms with Gasteiger partial charge in [0, 0.05) is 17.9 Å². The number of hydrogen-bond acceptors (Lipinski definition) is 5. The van der Waals surface area contributed by atoms with Crippen molar-refractivity contribution in [1.29, 1.82) is 0 Å². The number of nitrogens with zero attached hydrogens (tertiary/aromatic N) is 1. The van der Waals surface area contributed by atoms with E-state index in [2.05, 4.69) is 10.3 Å². The van der Waals surface area contributed by atoms with Crippen molar-refractivity contribution in [2.75, 3.05) is 5.32 Å². The van der Waals surface area contributed by atoms with Gasteiger partial charge in [0.25, 0.3) is 5.91 Å². The number of Topliss-reactive ketones (excluding diaryl/α,β-unsaturated/α-hetero) is 1. The molecule has 0 unspecified atom stereocenters. The average Bonchev–Trinajstić information content (AvgIpc) is 3.17. The van der Waals surface area contributed by atoms with Crippen LogP contribution in [0.1, 0.15) is 27.0 Å². The minimum absolute atomic E-state index is 0.0626. The smallest absolute Gasteiger partial charge is 0.258 e. The van der Waals surface area contributed by atoms with Crippen molar-refractivity contribution in [3.05, 3.63) is 57.6 Å². The average molecular weight is 328 g/mol. The Balaban J connectivity index is 1.94. The van der Waals surface area contributed by atoms with Crippen molar-refractivity contribution >= 4 is 39.5 Å². The lowest BCUT2D eigenvalue weighted by atomic mass is 10.1. The summed E-state index contributed by atoms with van der Waals surface area (Å²) in [5, 5.41) is 6.79. The van der Waals surface area contributed by atoms with Crippen molar-refractivity contribution < 1.29 is 9.59 Å². The van der Waals surface area contributed by atoms with Crippen molar-refractivity contribution in [3.63, 3.8) is 0 Å². The summed E-state index contributed by atoms with van der Waals surface area (Å²) in [5.74, 6) is -0.280. The molecule has 2 aromatic heterocycles. The van der Waals surface area contributed by atoms with Gasteiger partial charge in [-0.25, -0.2) is 4.98 Å². The number of hydrogen-bond donors (Lipinski definition) is 1. The zero-order valence-electron chi connectivity index (χ0n) is 11.7. The van der Waals surface area contributed by atoms with Crippen LogP contribution in [-0.4, -0.2) is 16.7 Å². The van der Waals surface area contributed by atoms with Gasteiger partial charge >= 0.3 is 0 Å². The van der Waals surface area contributed by atoms with E-state index >= 15 is 0 Å². The summed E-state index contributed by atoms with van der Waals surface area (Å²) in [6.45, 7) is 1.50. The molecular weight excluding hydrogens is 316 g/mol. The molecule has 6 heteroatoms. The number of carbonyl (C=O) groups is 2. The first-order chi connectivity index (χ1) is 10.6. The molecule has 3 rings (SSSR count). The molecule has 3 aromatic rings. The zero-order valence-corrected chi connectivity index (χ0v) is 13.3. The van der Waals surface area contributed by atoms with Gasteiger partial charge in [0.05, 0.1) is 16.1 Å². The van der Waals surface area contributed by atoms with Gasteiger partial charge in [-0.2, -0.15) is 11.3 Å². The van der Waals surface area contributed by atoms with Gasteiger partial charge in [0.15, 0.2) is 10.9 Å². The number of thiophene rings is 1. The Morgan fingerprint density at radius 3 is 2.55 bits per heavy atom. The van der Waals surface area contributed by atoms with E-state index < -0.39 is 0 Å². The molecule has 0 saturated carbocycles. The predicted molar refractivity (Wildman–Crippen MR) is 89.8 cm³/mol. The Kier molecular flexibility index (Phi) is 4.13. The number of aromatic nitrogens is 1. The quantitative estimate of drug-likeness (QED) is 0.725. The Morgan fingerprint density at radius 1 is 1.14 bits per heavy atom. The highest BCUT2D eigenvalue weighted by Gasteiger charge is 2.18. The fourth-order valence-electron chi connectivity index (χ4n) is 1.97. The summed E-state index contributed by atoms with van der Waals surface area (Å²) < 4.78 is 0. The molecule has 0 aliphatic carbocycles. The van der Waals surface area contributed by atoms with E-state index in [4.69, 9.17) is 0 Å². The molecule has 0 radical (unpaired) electrons. The number of ketones is 1. The minimum Gasteiger partial charge on any atom is -0.298 e. The van der Waals surface area contributed by atoms with E-state index in [0.717, 1.165) is 5.56 Å². The van der Waals surface area contributed by atoms with Crippen molar-refractivity contribution in [2.45, 2.75) is 6.92 Å². The van der Waals surface area contributed by atoms with E-state index in [9.17, 15) is 9.59 Å². The third kappa shape index (κ3) is 2.98. The number of anilines is 1. The van der Waals surface area contributed by atoms with Gasteiger partial charge in [-0.1, -0.05) is 41.7 Å². The summed E-state index contributed by atoms with van der Waals surface area (Å²) in [6, 6.07) is 11.2. The fourth-order valence-corrected chi connectivity index (χ4v) is 3.48. The molecule has 1 aromatic carbocycles. The summed E-state index contributed by atoms with van der Waals surface area (Å²) in [5.41, 5.74) is 2.06. The van der Waals surface area contributed by atoms with Gasteiger partial charge in [0.1, 0.15) is 0 Å². The van der Waals surface area contributed by atoms with Crippen LogP contribution in [0.15, 0.2) is 47.2 Å². The van der Waals surface area contributed by atoms with Gasteiger partial charge in [-0.3, -0.25) is 14.9 Å². The summed E-state index contributed by atoms with van der Waals surface area (Å²) in [7, 11) is 0. The summed E-state index contributed by atoms with van der Waals surface area (Å²) in [6.07, 6.45) is 0. The molecule has 1 N–H and O–H groups in total. The maximum atomic E-state index is 12.1. The lowest BCUT2D eigenvalue weighted by molar-refractivity contribution is 0.101. The molecule has 110 valence electrons. The second kappa shape index (κ2) is 6.21. The third-order valence-electron chi connectivity index (χ3n) is 3.00. The molecule has 0 atom stereocenters. The number of rotatable bonds is 4. The summed E-state index contributed by atoms with van der Waals surface area (Å²) in [4.78, 5) is 28.9. The van der Waals surface area contributed by atoms with E-state index in [1.807, 2.05) is 35.7 Å². The Labute approximate surface area is 135 Å². The second-order valence-corrected chi connectivity index (χ2v) is 6.36. The highest BCUT2D eigenvalue weighted by Crippen LogP contribution is 2.31. The number of thiazole rings is 1. The SMILES string of the molecule is CC(=O)c1sc(NC(=O)c2ccsc2)nc1-c1ccccc1. The van der Waals surface area contributed by atoms with Gasteiger partial charge < -0.3 is 0 Å². The molecular formula is C16H12N2O2S2. The maximum Gasteiger partial charge on any atom is 0.258 e. The summed E-state index contributed by atoms with van der Waals surface area (Å²) >= 11 is 2.66. The molecule has 22 heavy (non-hydrogen) atoms. The first-order valence-electron chi connectivity index (χ1n) is 6.56. The fraction of sp³-hybridized carbons (Fsp3) is 0.0625. The molecule has 0 bridgehead atoms. The first kappa shape index (κ1) is 14.6. The van der Waals surface area contributed by atoms with Gasteiger partial charge in [0.2, 0.25) is 0 Å². The highest BCUT2D eigenvalue weighted by atomic mass is 32.1. The number of nitrogens with one attached hydrogen (secondary N) is 1. The lowest BCUT2D eigenvalue weighted by Crippen LogP contribution is -2.10. The van der Waals surface area contributed by atoms with Crippen LogP contribution in [0.3, 0.4) is 0 Å². The molecule has 1 amide bonds. The van der Waals surface area contributed by atoms with Crippen molar-refractivity contribution in [2.24, 2.45) is 0 Å². The van der Waals surface area contributed by atoms with Crippen LogP contribution in [0.25, 0.3) is 11.3 Å². The van der Waals surface area contributed by atoms with Crippen LogP contribution in [0, 0.1) is 0 Å². The largest absolute Gasteiger partial charge is 0.298 e. The molecule has 4 nitrogen and oxygen atoms in total. The van der Waals surface area contributed by atoms with Gasteiger partial charge in [-0.15, -0.1) is 0 Å². The third-order valence-corrected chi connectivity index (χ3v) is 4.75. The zero-order chi connectivity index (χ0) is 15.5. The normalized spacial score (nSPS) is 10.4. The van der Waals surface area contributed by atoms with E-state index in [-0.39, 0.29) is 11.7 Å². The molecule has 2 heterocycles. The lowest BCUT2D eigenvalue weighted by Gasteiger charge is -1.99. The van der Waals surface area contributed by atoms with Crippen LogP contribution < -0.4 is 5.32 Å². The Bertz CT molecular complexity index is 808. The molecule has 0 aliphatic rings.